The van der Waals surface area contributed by atoms with E-state index in [9.17, 15) is 4.39 Å². The van der Waals surface area contributed by atoms with Gasteiger partial charge < -0.3 is 5.73 Å². The van der Waals surface area contributed by atoms with Crippen molar-refractivity contribution in [2.75, 3.05) is 11.5 Å². The Morgan fingerprint density at radius 2 is 2.00 bits per heavy atom. The highest BCUT2D eigenvalue weighted by Gasteiger charge is 2.29. The van der Waals surface area contributed by atoms with E-state index in [4.69, 9.17) is 5.73 Å². The van der Waals surface area contributed by atoms with E-state index in [-0.39, 0.29) is 11.9 Å². The molecular weight excluding hydrogens is 253 g/mol. The third kappa shape index (κ3) is 3.18. The molecule has 3 unspecified atom stereocenters. The third-order valence-corrected chi connectivity index (χ3v) is 6.26. The van der Waals surface area contributed by atoms with Gasteiger partial charge in [0.05, 0.1) is 0 Å². The van der Waals surface area contributed by atoms with E-state index in [1.54, 1.807) is 12.1 Å². The molecule has 1 heterocycles. The van der Waals surface area contributed by atoms with Crippen molar-refractivity contribution in [1.82, 2.24) is 0 Å². The zero-order valence-corrected chi connectivity index (χ0v) is 11.8. The predicted octanol–water partition coefficient (Wildman–Crippen LogP) is 3.37. The van der Waals surface area contributed by atoms with Crippen LogP contribution in [-0.4, -0.2) is 22.0 Å². The lowest BCUT2D eigenvalue weighted by molar-refractivity contribution is 0.611. The maximum atomic E-state index is 13.4. The van der Waals surface area contributed by atoms with Crippen LogP contribution in [0, 0.1) is 12.7 Å². The molecule has 0 spiro atoms. The first kappa shape index (κ1) is 13.2. The van der Waals surface area contributed by atoms with E-state index in [0.717, 1.165) is 16.9 Å². The molecule has 0 aromatic heterocycles. The third-order valence-electron chi connectivity index (χ3n) is 3.04. The molecule has 0 saturated carbocycles. The Morgan fingerprint density at radius 3 is 2.65 bits per heavy atom. The number of thioether (sulfide) groups is 2. The van der Waals surface area contributed by atoms with Crippen molar-refractivity contribution in [1.29, 1.82) is 0 Å². The van der Waals surface area contributed by atoms with Crippen molar-refractivity contribution in [3.05, 3.63) is 35.1 Å². The maximum absolute atomic E-state index is 13.4. The van der Waals surface area contributed by atoms with Crippen LogP contribution in [0.15, 0.2) is 18.2 Å². The van der Waals surface area contributed by atoms with Gasteiger partial charge in [-0.25, -0.2) is 4.39 Å². The van der Waals surface area contributed by atoms with Gasteiger partial charge in [0.25, 0.3) is 0 Å². The standard InChI is InChI=1S/C13H18FNS2/c1-8-5-10(7-11(14)6-8)12(15)13-9(2)16-3-4-17-13/h5-7,9,12-13H,3-4,15H2,1-2H3. The van der Waals surface area contributed by atoms with E-state index < -0.39 is 0 Å². The molecule has 1 aromatic carbocycles. The van der Waals surface area contributed by atoms with Crippen LogP contribution in [0.5, 0.6) is 0 Å². The van der Waals surface area contributed by atoms with Crippen molar-refractivity contribution in [2.45, 2.75) is 30.4 Å². The summed E-state index contributed by atoms with van der Waals surface area (Å²) in [6.45, 7) is 4.12. The SMILES string of the molecule is Cc1cc(F)cc(C(N)C2SCCSC2C)c1. The summed E-state index contributed by atoms with van der Waals surface area (Å²) in [6.07, 6.45) is 0. The van der Waals surface area contributed by atoms with Crippen molar-refractivity contribution < 1.29 is 4.39 Å². The van der Waals surface area contributed by atoms with Gasteiger partial charge in [0.1, 0.15) is 5.82 Å². The van der Waals surface area contributed by atoms with Gasteiger partial charge in [-0.1, -0.05) is 13.0 Å². The molecule has 1 nitrogen and oxygen atoms in total. The topological polar surface area (TPSA) is 26.0 Å². The molecular formula is C13H18FNS2. The van der Waals surface area contributed by atoms with E-state index in [1.165, 1.54) is 5.75 Å². The highest BCUT2D eigenvalue weighted by atomic mass is 32.2. The van der Waals surface area contributed by atoms with Crippen LogP contribution in [0.2, 0.25) is 0 Å². The van der Waals surface area contributed by atoms with Gasteiger partial charge in [-0.3, -0.25) is 0 Å². The van der Waals surface area contributed by atoms with Crippen molar-refractivity contribution in [3.63, 3.8) is 0 Å². The molecule has 94 valence electrons. The molecule has 1 fully saturated rings. The molecule has 3 atom stereocenters. The van der Waals surface area contributed by atoms with Crippen LogP contribution in [0.3, 0.4) is 0 Å². The largest absolute Gasteiger partial charge is 0.323 e. The van der Waals surface area contributed by atoms with Crippen LogP contribution in [-0.2, 0) is 0 Å². The molecule has 0 radical (unpaired) electrons. The summed E-state index contributed by atoms with van der Waals surface area (Å²) in [7, 11) is 0. The Hall–Kier alpha value is -0.190. The minimum Gasteiger partial charge on any atom is -0.323 e. The summed E-state index contributed by atoms with van der Waals surface area (Å²) in [5.41, 5.74) is 8.16. The normalized spacial score (nSPS) is 26.8. The molecule has 4 heteroatoms. The number of hydrogen-bond donors (Lipinski definition) is 1. The molecule has 2 N–H and O–H groups in total. The van der Waals surface area contributed by atoms with Gasteiger partial charge >= 0.3 is 0 Å². The fourth-order valence-electron chi connectivity index (χ4n) is 2.19. The molecule has 1 aromatic rings. The van der Waals surface area contributed by atoms with E-state index in [2.05, 4.69) is 6.92 Å². The minimum absolute atomic E-state index is 0.0720. The summed E-state index contributed by atoms with van der Waals surface area (Å²) in [5.74, 6) is 2.15. The van der Waals surface area contributed by atoms with Crippen LogP contribution in [0.25, 0.3) is 0 Å². The summed E-state index contributed by atoms with van der Waals surface area (Å²) in [5, 5.41) is 0.919. The van der Waals surface area contributed by atoms with Crippen LogP contribution in [0.4, 0.5) is 4.39 Å². The maximum Gasteiger partial charge on any atom is 0.123 e. The van der Waals surface area contributed by atoms with Crippen LogP contribution in [0.1, 0.15) is 24.1 Å². The van der Waals surface area contributed by atoms with E-state index >= 15 is 0 Å². The summed E-state index contributed by atoms with van der Waals surface area (Å²) >= 11 is 3.88. The lowest BCUT2D eigenvalue weighted by atomic mass is 10.0. The Bertz CT molecular complexity index is 377. The second-order valence-electron chi connectivity index (χ2n) is 4.50. The Balaban J connectivity index is 2.20. The highest BCUT2D eigenvalue weighted by molar-refractivity contribution is 8.07. The first-order chi connectivity index (χ1) is 8.08. The number of rotatable bonds is 2. The number of benzene rings is 1. The van der Waals surface area contributed by atoms with E-state index in [0.29, 0.717) is 10.5 Å². The van der Waals surface area contributed by atoms with Crippen molar-refractivity contribution in [3.8, 4) is 0 Å². The molecule has 17 heavy (non-hydrogen) atoms. The van der Waals surface area contributed by atoms with Gasteiger partial charge in [-0.2, -0.15) is 23.5 Å². The molecule has 0 aliphatic carbocycles. The van der Waals surface area contributed by atoms with Gasteiger partial charge in [0.15, 0.2) is 0 Å². The minimum atomic E-state index is -0.184. The van der Waals surface area contributed by atoms with Crippen LogP contribution < -0.4 is 5.73 Å². The first-order valence-electron chi connectivity index (χ1n) is 5.84. The molecule has 2 rings (SSSR count). The van der Waals surface area contributed by atoms with Crippen molar-refractivity contribution in [2.24, 2.45) is 5.73 Å². The molecule has 0 amide bonds. The number of nitrogens with two attached hydrogens (primary N) is 1. The molecule has 0 bridgehead atoms. The Kier molecular flexibility index (Phi) is 4.39. The van der Waals surface area contributed by atoms with Gasteiger partial charge in [-0.15, -0.1) is 0 Å². The molecule has 1 aliphatic rings. The fraction of sp³-hybridized carbons (Fsp3) is 0.538. The summed E-state index contributed by atoms with van der Waals surface area (Å²) in [4.78, 5) is 0. The zero-order chi connectivity index (χ0) is 12.4. The van der Waals surface area contributed by atoms with Gasteiger partial charge in [-0.05, 0) is 30.2 Å². The Labute approximate surface area is 111 Å². The van der Waals surface area contributed by atoms with Crippen molar-refractivity contribution >= 4 is 23.5 Å². The highest BCUT2D eigenvalue weighted by Crippen LogP contribution is 2.37. The average Bonchev–Trinajstić information content (AvgIpc) is 2.27. The van der Waals surface area contributed by atoms with Crippen LogP contribution >= 0.6 is 23.5 Å². The Morgan fingerprint density at radius 1 is 1.29 bits per heavy atom. The molecule has 1 saturated heterocycles. The quantitative estimate of drug-likeness (QED) is 0.893. The average molecular weight is 271 g/mol. The summed E-state index contributed by atoms with van der Waals surface area (Å²) < 4.78 is 13.4. The number of halogens is 1. The number of aryl methyl sites for hydroxylation is 1. The monoisotopic (exact) mass is 271 g/mol. The number of hydrogen-bond acceptors (Lipinski definition) is 3. The second-order valence-corrected chi connectivity index (χ2v) is 7.27. The fourth-order valence-corrected chi connectivity index (χ4v) is 5.07. The van der Waals surface area contributed by atoms with E-state index in [1.807, 2.05) is 36.5 Å². The first-order valence-corrected chi connectivity index (χ1v) is 7.93. The van der Waals surface area contributed by atoms with Gasteiger partial charge in [0.2, 0.25) is 0 Å². The second kappa shape index (κ2) is 5.63. The predicted molar refractivity (Wildman–Crippen MR) is 76.2 cm³/mol. The summed E-state index contributed by atoms with van der Waals surface area (Å²) in [6, 6.07) is 5.05. The smallest absolute Gasteiger partial charge is 0.123 e. The molecule has 1 aliphatic heterocycles. The lowest BCUT2D eigenvalue weighted by Crippen LogP contribution is -2.34. The lowest BCUT2D eigenvalue weighted by Gasteiger charge is -2.32. The zero-order valence-electron chi connectivity index (χ0n) is 10.2. The van der Waals surface area contributed by atoms with Gasteiger partial charge in [0, 0.05) is 28.0 Å².